The molecule has 1 saturated heterocycles. The minimum absolute atomic E-state index is 1.21. The van der Waals surface area contributed by atoms with E-state index in [1.807, 2.05) is 0 Å². The predicted octanol–water partition coefficient (Wildman–Crippen LogP) is 3.00. The van der Waals surface area contributed by atoms with Gasteiger partial charge in [-0.05, 0) is 31.5 Å². The summed E-state index contributed by atoms with van der Waals surface area (Å²) in [6.45, 7) is 4.58. The fourth-order valence-electron chi connectivity index (χ4n) is 2.17. The van der Waals surface area contributed by atoms with E-state index >= 15 is 0 Å². The molecule has 2 nitrogen and oxygen atoms in total. The molecule has 0 N–H and O–H groups in total. The van der Waals surface area contributed by atoms with Gasteiger partial charge in [0.2, 0.25) is 0 Å². The van der Waals surface area contributed by atoms with Gasteiger partial charge in [0.1, 0.15) is 0 Å². The molecule has 0 aliphatic carbocycles. The van der Waals surface area contributed by atoms with Crippen molar-refractivity contribution in [2.75, 3.05) is 18.0 Å². The van der Waals surface area contributed by atoms with E-state index in [1.54, 1.807) is 0 Å². The van der Waals surface area contributed by atoms with Crippen molar-refractivity contribution in [3.8, 4) is 5.69 Å². The second-order valence-electron chi connectivity index (χ2n) is 4.39. The molecule has 0 bridgehead atoms. The second-order valence-corrected chi connectivity index (χ2v) is 4.39. The van der Waals surface area contributed by atoms with Crippen LogP contribution in [0.25, 0.3) is 5.69 Å². The van der Waals surface area contributed by atoms with Crippen LogP contribution in [-0.2, 0) is 0 Å². The predicted molar refractivity (Wildman–Crippen MR) is 67.3 cm³/mol. The lowest BCUT2D eigenvalue weighted by Gasteiger charge is -2.32. The van der Waals surface area contributed by atoms with E-state index in [1.165, 1.54) is 36.6 Å². The van der Waals surface area contributed by atoms with Crippen LogP contribution in [0, 0.1) is 6.92 Å². The first kappa shape index (κ1) is 9.52. The van der Waals surface area contributed by atoms with Gasteiger partial charge in [0, 0.05) is 30.7 Å². The molecule has 0 spiro atoms. The highest BCUT2D eigenvalue weighted by Crippen LogP contribution is 2.25. The summed E-state index contributed by atoms with van der Waals surface area (Å²) in [7, 11) is 0. The van der Waals surface area contributed by atoms with E-state index < -0.39 is 0 Å². The molecule has 0 unspecified atom stereocenters. The highest BCUT2D eigenvalue weighted by molar-refractivity contribution is 5.52. The van der Waals surface area contributed by atoms with Crippen molar-refractivity contribution >= 4 is 5.69 Å². The zero-order valence-electron chi connectivity index (χ0n) is 9.56. The minimum Gasteiger partial charge on any atom is -0.370 e. The number of aryl methyl sites for hydroxylation is 1. The standard InChI is InChI=1S/C14H16N2/c1-12-10-14(15-8-5-9-15)11-16(12)13-6-3-2-4-7-13/h2-4,6-7,10-11H,5,8-9H2,1H3. The van der Waals surface area contributed by atoms with Crippen LogP contribution in [0.15, 0.2) is 42.6 Å². The Morgan fingerprint density at radius 3 is 2.38 bits per heavy atom. The average Bonchev–Trinajstić information content (AvgIpc) is 2.59. The summed E-state index contributed by atoms with van der Waals surface area (Å²) in [6, 6.07) is 12.8. The molecule has 2 aromatic rings. The number of hydrogen-bond acceptors (Lipinski definition) is 1. The van der Waals surface area contributed by atoms with Gasteiger partial charge >= 0.3 is 0 Å². The smallest absolute Gasteiger partial charge is 0.0552 e. The molecule has 1 fully saturated rings. The van der Waals surface area contributed by atoms with Crippen molar-refractivity contribution in [3.63, 3.8) is 0 Å². The first-order valence-corrected chi connectivity index (χ1v) is 5.84. The second kappa shape index (κ2) is 3.71. The van der Waals surface area contributed by atoms with Crippen molar-refractivity contribution < 1.29 is 0 Å². The van der Waals surface area contributed by atoms with Crippen LogP contribution in [0.3, 0.4) is 0 Å². The Bertz CT molecular complexity index is 481. The molecule has 0 atom stereocenters. The van der Waals surface area contributed by atoms with Crippen molar-refractivity contribution in [2.24, 2.45) is 0 Å². The number of aromatic nitrogens is 1. The fourth-order valence-corrected chi connectivity index (χ4v) is 2.17. The Morgan fingerprint density at radius 1 is 1.00 bits per heavy atom. The Morgan fingerprint density at radius 2 is 1.75 bits per heavy atom. The number of hydrogen-bond donors (Lipinski definition) is 0. The monoisotopic (exact) mass is 212 g/mol. The molecule has 0 radical (unpaired) electrons. The van der Waals surface area contributed by atoms with E-state index in [0.29, 0.717) is 0 Å². The molecular weight excluding hydrogens is 196 g/mol. The molecule has 16 heavy (non-hydrogen) atoms. The van der Waals surface area contributed by atoms with Crippen molar-refractivity contribution in [1.29, 1.82) is 0 Å². The summed E-state index contributed by atoms with van der Waals surface area (Å²) in [5.41, 5.74) is 3.90. The molecule has 3 rings (SSSR count). The minimum atomic E-state index is 1.21. The summed E-state index contributed by atoms with van der Waals surface area (Å²) in [4.78, 5) is 2.42. The first-order valence-electron chi connectivity index (χ1n) is 5.84. The first-order chi connectivity index (χ1) is 7.84. The van der Waals surface area contributed by atoms with Crippen LogP contribution >= 0.6 is 0 Å². The van der Waals surface area contributed by atoms with E-state index in [0.717, 1.165) is 0 Å². The molecule has 1 aliphatic heterocycles. The summed E-state index contributed by atoms with van der Waals surface area (Å²) >= 11 is 0. The van der Waals surface area contributed by atoms with Gasteiger partial charge in [-0.3, -0.25) is 0 Å². The highest BCUT2D eigenvalue weighted by atomic mass is 15.2. The largest absolute Gasteiger partial charge is 0.370 e. The van der Waals surface area contributed by atoms with Gasteiger partial charge in [0.05, 0.1) is 5.69 Å². The van der Waals surface area contributed by atoms with Gasteiger partial charge in [-0.25, -0.2) is 0 Å². The maximum Gasteiger partial charge on any atom is 0.0552 e. The number of benzene rings is 1. The third kappa shape index (κ3) is 1.51. The number of rotatable bonds is 2. The van der Waals surface area contributed by atoms with Crippen LogP contribution in [0.5, 0.6) is 0 Å². The molecule has 82 valence electrons. The molecule has 1 aromatic carbocycles. The highest BCUT2D eigenvalue weighted by Gasteiger charge is 2.16. The summed E-state index contributed by atoms with van der Waals surface area (Å²) in [6.07, 6.45) is 3.57. The summed E-state index contributed by atoms with van der Waals surface area (Å²) < 4.78 is 2.26. The van der Waals surface area contributed by atoms with Gasteiger partial charge < -0.3 is 9.47 Å². The summed E-state index contributed by atoms with van der Waals surface area (Å²) in [5.74, 6) is 0. The van der Waals surface area contributed by atoms with Gasteiger partial charge in [-0.15, -0.1) is 0 Å². The van der Waals surface area contributed by atoms with Crippen molar-refractivity contribution in [3.05, 3.63) is 48.3 Å². The Balaban J connectivity index is 1.98. The zero-order chi connectivity index (χ0) is 11.0. The van der Waals surface area contributed by atoms with Crippen LogP contribution in [0.4, 0.5) is 5.69 Å². The Hall–Kier alpha value is -1.70. The van der Waals surface area contributed by atoms with Gasteiger partial charge in [0.15, 0.2) is 0 Å². The van der Waals surface area contributed by atoms with Crippen LogP contribution in [0.2, 0.25) is 0 Å². The Labute approximate surface area is 96.1 Å². The molecule has 2 heterocycles. The van der Waals surface area contributed by atoms with Gasteiger partial charge in [-0.1, -0.05) is 18.2 Å². The maximum atomic E-state index is 2.42. The van der Waals surface area contributed by atoms with Crippen molar-refractivity contribution in [1.82, 2.24) is 4.57 Å². The molecular formula is C14H16N2. The SMILES string of the molecule is Cc1cc(N2CCC2)cn1-c1ccccc1. The van der Waals surface area contributed by atoms with Crippen molar-refractivity contribution in [2.45, 2.75) is 13.3 Å². The number of para-hydroxylation sites is 1. The quantitative estimate of drug-likeness (QED) is 0.743. The molecule has 0 saturated carbocycles. The van der Waals surface area contributed by atoms with E-state index in [4.69, 9.17) is 0 Å². The lowest BCUT2D eigenvalue weighted by molar-refractivity contribution is 0.618. The molecule has 2 heteroatoms. The third-order valence-electron chi connectivity index (χ3n) is 3.25. The summed E-state index contributed by atoms with van der Waals surface area (Å²) in [5, 5.41) is 0. The normalized spacial score (nSPS) is 14.9. The number of nitrogens with zero attached hydrogens (tertiary/aromatic N) is 2. The lowest BCUT2D eigenvalue weighted by Crippen LogP contribution is -2.36. The molecule has 0 amide bonds. The van der Waals surface area contributed by atoms with E-state index in [-0.39, 0.29) is 0 Å². The van der Waals surface area contributed by atoms with Gasteiger partial charge in [0.25, 0.3) is 0 Å². The lowest BCUT2D eigenvalue weighted by atomic mass is 10.2. The van der Waals surface area contributed by atoms with Crippen LogP contribution in [-0.4, -0.2) is 17.7 Å². The van der Waals surface area contributed by atoms with E-state index in [2.05, 4.69) is 59.0 Å². The molecule has 1 aromatic heterocycles. The zero-order valence-corrected chi connectivity index (χ0v) is 9.56. The van der Waals surface area contributed by atoms with Gasteiger partial charge in [-0.2, -0.15) is 0 Å². The third-order valence-corrected chi connectivity index (χ3v) is 3.25. The average molecular weight is 212 g/mol. The Kier molecular flexibility index (Phi) is 2.21. The van der Waals surface area contributed by atoms with Crippen LogP contribution in [0.1, 0.15) is 12.1 Å². The number of anilines is 1. The maximum absolute atomic E-state index is 2.42. The topological polar surface area (TPSA) is 8.17 Å². The van der Waals surface area contributed by atoms with E-state index in [9.17, 15) is 0 Å². The fraction of sp³-hybridized carbons (Fsp3) is 0.286. The van der Waals surface area contributed by atoms with Crippen LogP contribution < -0.4 is 4.90 Å². The molecule has 1 aliphatic rings.